The number of rotatable bonds is 6. The standard InChI is InChI=1S/C24H19ClN2O4S/c1-31-23-15-17-7-3-2-6-16(17)14-20(23)24(28)26-18-10-12-19(13-11-18)32(29,30)27-22-9-5-4-8-21(22)25/h2-15,27H,1H3,(H,26,28). The highest BCUT2D eigenvalue weighted by atomic mass is 35.5. The maximum absolute atomic E-state index is 12.9. The zero-order valence-electron chi connectivity index (χ0n) is 17.0. The number of amides is 1. The number of halogens is 1. The van der Waals surface area contributed by atoms with Gasteiger partial charge in [-0.15, -0.1) is 0 Å². The monoisotopic (exact) mass is 466 g/mol. The molecule has 0 bridgehead atoms. The normalized spacial score (nSPS) is 11.2. The van der Waals surface area contributed by atoms with Crippen LogP contribution in [0.4, 0.5) is 11.4 Å². The van der Waals surface area contributed by atoms with Gasteiger partial charge >= 0.3 is 0 Å². The maximum Gasteiger partial charge on any atom is 0.261 e. The van der Waals surface area contributed by atoms with Crippen molar-refractivity contribution >= 4 is 49.7 Å². The zero-order chi connectivity index (χ0) is 22.7. The fourth-order valence-corrected chi connectivity index (χ4v) is 4.55. The summed E-state index contributed by atoms with van der Waals surface area (Å²) in [5.74, 6) is 0.0849. The second-order valence-corrected chi connectivity index (χ2v) is 9.05. The minimum absolute atomic E-state index is 0.0405. The lowest BCUT2D eigenvalue weighted by Gasteiger charge is -2.12. The lowest BCUT2D eigenvalue weighted by atomic mass is 10.1. The first-order valence-electron chi connectivity index (χ1n) is 9.63. The lowest BCUT2D eigenvalue weighted by molar-refractivity contribution is 0.102. The number of methoxy groups -OCH3 is 1. The topological polar surface area (TPSA) is 84.5 Å². The summed E-state index contributed by atoms with van der Waals surface area (Å²) in [6.07, 6.45) is 0. The molecular formula is C24H19ClN2O4S. The molecule has 2 N–H and O–H groups in total. The number of ether oxygens (including phenoxy) is 1. The lowest BCUT2D eigenvalue weighted by Crippen LogP contribution is -2.15. The number of fused-ring (bicyclic) bond motifs is 1. The average molecular weight is 467 g/mol. The van der Waals surface area contributed by atoms with E-state index in [0.29, 0.717) is 22.0 Å². The molecule has 0 aliphatic heterocycles. The number of anilines is 2. The molecule has 0 heterocycles. The highest BCUT2D eigenvalue weighted by Crippen LogP contribution is 2.28. The summed E-state index contributed by atoms with van der Waals surface area (Å²) in [7, 11) is -2.33. The Bertz CT molecular complexity index is 1400. The summed E-state index contributed by atoms with van der Waals surface area (Å²) >= 11 is 6.03. The van der Waals surface area contributed by atoms with E-state index < -0.39 is 10.0 Å². The summed E-state index contributed by atoms with van der Waals surface area (Å²) in [4.78, 5) is 12.9. The smallest absolute Gasteiger partial charge is 0.261 e. The molecule has 0 radical (unpaired) electrons. The first-order chi connectivity index (χ1) is 15.4. The molecule has 0 aliphatic carbocycles. The van der Waals surface area contributed by atoms with Gasteiger partial charge in [0, 0.05) is 5.69 Å². The number of benzene rings is 4. The molecule has 0 aliphatic rings. The summed E-state index contributed by atoms with van der Waals surface area (Å²) in [5, 5.41) is 4.94. The number of carbonyl (C=O) groups excluding carboxylic acids is 1. The van der Waals surface area contributed by atoms with E-state index >= 15 is 0 Å². The SMILES string of the molecule is COc1cc2ccccc2cc1C(=O)Nc1ccc(S(=O)(=O)Nc2ccccc2Cl)cc1. The van der Waals surface area contributed by atoms with Crippen LogP contribution in [0.2, 0.25) is 5.02 Å². The van der Waals surface area contributed by atoms with Crippen molar-refractivity contribution in [3.05, 3.63) is 95.5 Å². The minimum Gasteiger partial charge on any atom is -0.496 e. The highest BCUT2D eigenvalue weighted by molar-refractivity contribution is 7.92. The predicted octanol–water partition coefficient (Wildman–Crippen LogP) is 5.55. The predicted molar refractivity (Wildman–Crippen MR) is 127 cm³/mol. The van der Waals surface area contributed by atoms with Gasteiger partial charge in [0.05, 0.1) is 28.3 Å². The van der Waals surface area contributed by atoms with Crippen molar-refractivity contribution in [2.75, 3.05) is 17.1 Å². The molecule has 0 aromatic heterocycles. The summed E-state index contributed by atoms with van der Waals surface area (Å²) in [5.41, 5.74) is 1.11. The molecule has 0 unspecified atom stereocenters. The molecule has 162 valence electrons. The van der Waals surface area contributed by atoms with Crippen LogP contribution in [0.3, 0.4) is 0 Å². The second kappa shape index (κ2) is 8.90. The highest BCUT2D eigenvalue weighted by Gasteiger charge is 2.17. The number of carbonyl (C=O) groups is 1. The fraction of sp³-hybridized carbons (Fsp3) is 0.0417. The van der Waals surface area contributed by atoms with Gasteiger partial charge in [-0.05, 0) is 59.3 Å². The minimum atomic E-state index is -3.84. The Morgan fingerprint density at radius 3 is 2.16 bits per heavy atom. The first kappa shape index (κ1) is 21.7. The Labute approximate surface area is 190 Å². The van der Waals surface area contributed by atoms with E-state index in [1.807, 2.05) is 24.3 Å². The van der Waals surface area contributed by atoms with Gasteiger partial charge in [0.2, 0.25) is 0 Å². The summed E-state index contributed by atoms with van der Waals surface area (Å²) in [6.45, 7) is 0. The van der Waals surface area contributed by atoms with Crippen molar-refractivity contribution in [3.63, 3.8) is 0 Å². The molecule has 0 atom stereocenters. The van der Waals surface area contributed by atoms with Crippen LogP contribution in [0.5, 0.6) is 5.75 Å². The number of para-hydroxylation sites is 1. The average Bonchev–Trinajstić information content (AvgIpc) is 2.80. The zero-order valence-corrected chi connectivity index (χ0v) is 18.6. The number of hydrogen-bond acceptors (Lipinski definition) is 4. The van der Waals surface area contributed by atoms with Gasteiger partial charge in [-0.2, -0.15) is 0 Å². The Balaban J connectivity index is 1.54. The Morgan fingerprint density at radius 2 is 1.50 bits per heavy atom. The maximum atomic E-state index is 12.9. The van der Waals surface area contributed by atoms with Crippen LogP contribution < -0.4 is 14.8 Å². The van der Waals surface area contributed by atoms with Gasteiger partial charge < -0.3 is 10.1 Å². The summed E-state index contributed by atoms with van der Waals surface area (Å²) in [6, 6.07) is 23.7. The van der Waals surface area contributed by atoms with Crippen molar-refractivity contribution in [3.8, 4) is 5.75 Å². The third-order valence-corrected chi connectivity index (χ3v) is 6.56. The third-order valence-electron chi connectivity index (χ3n) is 4.85. The Kier molecular flexibility index (Phi) is 6.03. The molecule has 0 spiro atoms. The molecule has 4 rings (SSSR count). The number of sulfonamides is 1. The van der Waals surface area contributed by atoms with Crippen LogP contribution in [0.15, 0.2) is 89.8 Å². The van der Waals surface area contributed by atoms with E-state index in [1.165, 1.54) is 31.4 Å². The Hall–Kier alpha value is -3.55. The van der Waals surface area contributed by atoms with Gasteiger partial charge in [0.1, 0.15) is 5.75 Å². The van der Waals surface area contributed by atoms with Crippen molar-refractivity contribution in [1.29, 1.82) is 0 Å². The molecule has 4 aromatic carbocycles. The van der Waals surface area contributed by atoms with Crippen LogP contribution in [0, 0.1) is 0 Å². The molecule has 0 saturated carbocycles. The number of nitrogens with one attached hydrogen (secondary N) is 2. The van der Waals surface area contributed by atoms with Crippen LogP contribution in [-0.4, -0.2) is 21.4 Å². The van der Waals surface area contributed by atoms with Crippen molar-refractivity contribution in [2.45, 2.75) is 4.90 Å². The fourth-order valence-electron chi connectivity index (χ4n) is 3.23. The van der Waals surface area contributed by atoms with Gasteiger partial charge in [-0.25, -0.2) is 8.42 Å². The van der Waals surface area contributed by atoms with Crippen molar-refractivity contribution < 1.29 is 17.9 Å². The van der Waals surface area contributed by atoms with E-state index in [-0.39, 0.29) is 16.5 Å². The van der Waals surface area contributed by atoms with Crippen LogP contribution in [0.25, 0.3) is 10.8 Å². The van der Waals surface area contributed by atoms with Gasteiger partial charge in [0.15, 0.2) is 0 Å². The largest absolute Gasteiger partial charge is 0.496 e. The van der Waals surface area contributed by atoms with E-state index in [2.05, 4.69) is 10.0 Å². The summed E-state index contributed by atoms with van der Waals surface area (Å²) < 4.78 is 33.1. The molecule has 6 nitrogen and oxygen atoms in total. The molecule has 0 fully saturated rings. The number of hydrogen-bond donors (Lipinski definition) is 2. The van der Waals surface area contributed by atoms with E-state index in [4.69, 9.17) is 16.3 Å². The molecule has 4 aromatic rings. The van der Waals surface area contributed by atoms with E-state index in [1.54, 1.807) is 36.4 Å². The van der Waals surface area contributed by atoms with E-state index in [0.717, 1.165) is 10.8 Å². The molecule has 8 heteroatoms. The quantitative estimate of drug-likeness (QED) is 0.390. The third kappa shape index (κ3) is 4.54. The van der Waals surface area contributed by atoms with E-state index in [9.17, 15) is 13.2 Å². The van der Waals surface area contributed by atoms with Gasteiger partial charge in [-0.1, -0.05) is 48.0 Å². The van der Waals surface area contributed by atoms with Gasteiger partial charge in [-0.3, -0.25) is 9.52 Å². The molecule has 32 heavy (non-hydrogen) atoms. The van der Waals surface area contributed by atoms with Crippen LogP contribution in [0.1, 0.15) is 10.4 Å². The van der Waals surface area contributed by atoms with Crippen molar-refractivity contribution in [1.82, 2.24) is 0 Å². The molecule has 1 amide bonds. The Morgan fingerprint density at radius 1 is 0.875 bits per heavy atom. The molecular weight excluding hydrogens is 448 g/mol. The molecule has 0 saturated heterocycles. The second-order valence-electron chi connectivity index (χ2n) is 6.96. The van der Waals surface area contributed by atoms with Crippen LogP contribution in [-0.2, 0) is 10.0 Å². The van der Waals surface area contributed by atoms with Crippen molar-refractivity contribution in [2.24, 2.45) is 0 Å². The van der Waals surface area contributed by atoms with Gasteiger partial charge in [0.25, 0.3) is 15.9 Å². The van der Waals surface area contributed by atoms with Crippen LogP contribution >= 0.6 is 11.6 Å². The first-order valence-corrected chi connectivity index (χ1v) is 11.5.